The molecule has 0 spiro atoms. The molecule has 0 aliphatic rings. The Kier molecular flexibility index (Phi) is 5.25. The molecule has 1 aromatic heterocycles. The molecule has 0 saturated heterocycles. The molecule has 1 aromatic rings. The topological polar surface area (TPSA) is 62.7 Å². The second-order valence-electron chi connectivity index (χ2n) is 2.37. The van der Waals surface area contributed by atoms with Gasteiger partial charge in [0.15, 0.2) is 0 Å². The van der Waals surface area contributed by atoms with Gasteiger partial charge >= 0.3 is 6.01 Å². The van der Waals surface area contributed by atoms with Crippen molar-refractivity contribution in [2.24, 2.45) is 0 Å². The van der Waals surface area contributed by atoms with E-state index in [1.807, 2.05) is 0 Å². The molecule has 1 heterocycles. The van der Waals surface area contributed by atoms with Crippen LogP contribution >= 0.6 is 0 Å². The van der Waals surface area contributed by atoms with Gasteiger partial charge in [0.1, 0.15) is 0 Å². The van der Waals surface area contributed by atoms with E-state index >= 15 is 0 Å². The van der Waals surface area contributed by atoms with Gasteiger partial charge in [0.2, 0.25) is 19.5 Å². The Balaban J connectivity index is 2.43. The third kappa shape index (κ3) is 4.32. The van der Waals surface area contributed by atoms with Gasteiger partial charge in [-0.3, -0.25) is 0 Å². The summed E-state index contributed by atoms with van der Waals surface area (Å²) in [7, 11) is 0. The SMILES string of the molecule is C=COCOc1ccnc(OCOC=C)n1. The molecule has 0 fully saturated rings. The second kappa shape index (κ2) is 7.10. The van der Waals surface area contributed by atoms with E-state index in [4.69, 9.17) is 18.9 Å². The summed E-state index contributed by atoms with van der Waals surface area (Å²) in [6.07, 6.45) is 4.04. The molecule has 0 atom stereocenters. The van der Waals surface area contributed by atoms with Gasteiger partial charge in [-0.2, -0.15) is 4.98 Å². The minimum Gasteiger partial charge on any atom is -0.466 e. The van der Waals surface area contributed by atoms with E-state index in [0.29, 0.717) is 5.88 Å². The van der Waals surface area contributed by atoms with Gasteiger partial charge in [-0.1, -0.05) is 13.2 Å². The van der Waals surface area contributed by atoms with E-state index in [9.17, 15) is 0 Å². The number of ether oxygens (including phenoxy) is 4. The lowest BCUT2D eigenvalue weighted by atomic mass is 10.6. The van der Waals surface area contributed by atoms with Gasteiger partial charge in [-0.25, -0.2) is 4.98 Å². The van der Waals surface area contributed by atoms with Crippen LogP contribution in [0, 0.1) is 0 Å². The van der Waals surface area contributed by atoms with Gasteiger partial charge in [0.05, 0.1) is 12.5 Å². The molecule has 0 radical (unpaired) electrons. The van der Waals surface area contributed by atoms with Crippen molar-refractivity contribution in [3.8, 4) is 11.9 Å². The molecule has 6 nitrogen and oxygen atoms in total. The van der Waals surface area contributed by atoms with Crippen LogP contribution in [0.3, 0.4) is 0 Å². The summed E-state index contributed by atoms with van der Waals surface area (Å²) < 4.78 is 19.7. The van der Waals surface area contributed by atoms with Crippen molar-refractivity contribution in [3.05, 3.63) is 37.9 Å². The maximum Gasteiger partial charge on any atom is 0.322 e. The minimum atomic E-state index is -0.00386. The van der Waals surface area contributed by atoms with Crippen molar-refractivity contribution in [3.63, 3.8) is 0 Å². The number of nitrogens with zero attached hydrogens (tertiary/aromatic N) is 2. The minimum absolute atomic E-state index is 0.00386. The van der Waals surface area contributed by atoms with Crippen LogP contribution in [0.2, 0.25) is 0 Å². The predicted molar refractivity (Wildman–Crippen MR) is 55.6 cm³/mol. The lowest BCUT2D eigenvalue weighted by Crippen LogP contribution is -2.04. The van der Waals surface area contributed by atoms with Crippen molar-refractivity contribution in [1.29, 1.82) is 0 Å². The van der Waals surface area contributed by atoms with Crippen LogP contribution in [0.5, 0.6) is 11.9 Å². The molecule has 16 heavy (non-hydrogen) atoms. The van der Waals surface area contributed by atoms with Crippen molar-refractivity contribution < 1.29 is 18.9 Å². The van der Waals surface area contributed by atoms with Gasteiger partial charge in [-0.15, -0.1) is 0 Å². The fourth-order valence-electron chi connectivity index (χ4n) is 0.752. The highest BCUT2D eigenvalue weighted by Gasteiger charge is 2.00. The fraction of sp³-hybridized carbons (Fsp3) is 0.200. The first-order valence-corrected chi connectivity index (χ1v) is 4.40. The zero-order valence-corrected chi connectivity index (χ0v) is 8.67. The van der Waals surface area contributed by atoms with E-state index in [2.05, 4.69) is 23.1 Å². The standard InChI is InChI=1S/C10H12N2O4/c1-3-13-7-15-9-5-6-11-10(12-9)16-8-14-4-2/h3-6H,1-2,7-8H2. The molecule has 6 heteroatoms. The molecule has 0 unspecified atom stereocenters. The average molecular weight is 224 g/mol. The van der Waals surface area contributed by atoms with E-state index in [1.54, 1.807) is 6.07 Å². The first-order chi connectivity index (χ1) is 7.86. The van der Waals surface area contributed by atoms with Crippen molar-refractivity contribution in [1.82, 2.24) is 9.97 Å². The Morgan fingerprint density at radius 3 is 2.50 bits per heavy atom. The Bertz CT molecular complexity index is 314. The maximum atomic E-state index is 5.11. The third-order valence-electron chi connectivity index (χ3n) is 1.37. The molecule has 86 valence electrons. The van der Waals surface area contributed by atoms with Crippen LogP contribution in [0.4, 0.5) is 0 Å². The average Bonchev–Trinajstić information content (AvgIpc) is 2.30. The Hall–Kier alpha value is -2.24. The van der Waals surface area contributed by atoms with Crippen LogP contribution in [0.25, 0.3) is 0 Å². The third-order valence-corrected chi connectivity index (χ3v) is 1.37. The molecule has 0 aliphatic carbocycles. The lowest BCUT2D eigenvalue weighted by Gasteiger charge is -2.06. The lowest BCUT2D eigenvalue weighted by molar-refractivity contribution is 0.0640. The quantitative estimate of drug-likeness (QED) is 0.378. The van der Waals surface area contributed by atoms with Crippen LogP contribution < -0.4 is 9.47 Å². The summed E-state index contributed by atoms with van der Waals surface area (Å²) in [5.41, 5.74) is 0. The van der Waals surface area contributed by atoms with Crippen molar-refractivity contribution in [2.45, 2.75) is 0 Å². The zero-order valence-electron chi connectivity index (χ0n) is 8.67. The number of hydrogen-bond acceptors (Lipinski definition) is 6. The number of rotatable bonds is 8. The first kappa shape index (κ1) is 11.8. The molecular formula is C10H12N2O4. The molecule has 0 amide bonds. The van der Waals surface area contributed by atoms with Crippen LogP contribution in [-0.4, -0.2) is 23.6 Å². The van der Waals surface area contributed by atoms with Gasteiger partial charge in [-0.05, 0) is 0 Å². The molecule has 0 aliphatic heterocycles. The largest absolute Gasteiger partial charge is 0.466 e. The summed E-state index contributed by atoms with van der Waals surface area (Å²) in [6, 6.07) is 1.73. The van der Waals surface area contributed by atoms with Gasteiger partial charge < -0.3 is 18.9 Å². The Labute approximate surface area is 93.1 Å². The zero-order chi connectivity index (χ0) is 11.6. The van der Waals surface area contributed by atoms with Crippen LogP contribution in [0.15, 0.2) is 37.9 Å². The molecule has 0 N–H and O–H groups in total. The smallest absolute Gasteiger partial charge is 0.322 e. The highest BCUT2D eigenvalue weighted by atomic mass is 16.7. The van der Waals surface area contributed by atoms with Crippen LogP contribution in [0.1, 0.15) is 0 Å². The van der Waals surface area contributed by atoms with Crippen molar-refractivity contribution >= 4 is 0 Å². The van der Waals surface area contributed by atoms with E-state index in [0.717, 1.165) is 0 Å². The van der Waals surface area contributed by atoms with Crippen LogP contribution in [-0.2, 0) is 9.47 Å². The predicted octanol–water partition coefficient (Wildman–Crippen LogP) is 1.47. The van der Waals surface area contributed by atoms with Crippen molar-refractivity contribution in [2.75, 3.05) is 13.6 Å². The monoisotopic (exact) mass is 224 g/mol. The Morgan fingerprint density at radius 1 is 1.12 bits per heavy atom. The van der Waals surface area contributed by atoms with Gasteiger partial charge in [0.25, 0.3) is 0 Å². The first-order valence-electron chi connectivity index (χ1n) is 4.40. The summed E-state index contributed by atoms with van der Waals surface area (Å²) in [5, 5.41) is 0. The molecule has 1 rings (SSSR count). The Morgan fingerprint density at radius 2 is 1.81 bits per heavy atom. The summed E-state index contributed by atoms with van der Waals surface area (Å²) in [5.74, 6) is 0.338. The summed E-state index contributed by atoms with van der Waals surface area (Å²) in [6.45, 7) is 6.77. The normalized spacial score (nSPS) is 9.00. The molecular weight excluding hydrogens is 212 g/mol. The van der Waals surface area contributed by atoms with E-state index < -0.39 is 0 Å². The highest BCUT2D eigenvalue weighted by molar-refractivity contribution is 5.10. The fourth-order valence-corrected chi connectivity index (χ4v) is 0.752. The number of hydrogen-bond donors (Lipinski definition) is 0. The highest BCUT2D eigenvalue weighted by Crippen LogP contribution is 2.09. The molecule has 0 bridgehead atoms. The summed E-state index contributed by atoms with van der Waals surface area (Å²) in [4.78, 5) is 7.78. The maximum absolute atomic E-state index is 5.11. The van der Waals surface area contributed by atoms with E-state index in [-0.39, 0.29) is 19.6 Å². The number of aromatic nitrogens is 2. The van der Waals surface area contributed by atoms with Gasteiger partial charge in [0, 0.05) is 12.3 Å². The summed E-state index contributed by atoms with van der Waals surface area (Å²) >= 11 is 0. The second-order valence-corrected chi connectivity index (χ2v) is 2.37. The van der Waals surface area contributed by atoms with E-state index in [1.165, 1.54) is 18.7 Å². The molecule has 0 aromatic carbocycles. The molecule has 0 saturated carbocycles.